The number of hydrogen-bond donors (Lipinski definition) is 1. The van der Waals surface area contributed by atoms with Gasteiger partial charge in [-0.05, 0) is 42.2 Å². The number of rotatable bonds is 9. The summed E-state index contributed by atoms with van der Waals surface area (Å²) in [5, 5.41) is 10.2. The van der Waals surface area contributed by atoms with E-state index in [1.807, 2.05) is 30.3 Å². The van der Waals surface area contributed by atoms with Crippen molar-refractivity contribution < 1.29 is 14.6 Å². The van der Waals surface area contributed by atoms with E-state index < -0.39 is 6.10 Å². The Hall–Kier alpha value is -2.30. The molecule has 0 bridgehead atoms. The summed E-state index contributed by atoms with van der Waals surface area (Å²) in [6.07, 6.45) is 5.57. The highest BCUT2D eigenvalue weighted by Gasteiger charge is 2.14. The summed E-state index contributed by atoms with van der Waals surface area (Å²) in [5.74, 6) is 1.74. The third kappa shape index (κ3) is 5.35. The lowest BCUT2D eigenvalue weighted by atomic mass is 10.0. The predicted octanol–water partition coefficient (Wildman–Crippen LogP) is 3.09. The number of ether oxygens (including phenoxy) is 2. The molecule has 2 aromatic carbocycles. The Morgan fingerprint density at radius 2 is 1.85 bits per heavy atom. The normalized spacial score (nSPS) is 15.2. The van der Waals surface area contributed by atoms with Crippen LogP contribution in [0.1, 0.15) is 11.1 Å². The third-order valence-electron chi connectivity index (χ3n) is 4.58. The average molecular weight is 353 g/mol. The highest BCUT2D eigenvalue weighted by Crippen LogP contribution is 2.21. The molecule has 1 aliphatic rings. The number of aliphatic hydroxyl groups is 1. The van der Waals surface area contributed by atoms with Crippen LogP contribution in [0.25, 0.3) is 0 Å². The van der Waals surface area contributed by atoms with Crippen molar-refractivity contribution in [2.45, 2.75) is 18.9 Å². The van der Waals surface area contributed by atoms with Gasteiger partial charge in [-0.1, -0.05) is 42.5 Å². The standard InChI is InChI=1S/C22H27NO3/c1-25-21-9-6-7-18(15-21)11-12-19-8-2-3-10-22(19)26-17-20(24)16-23-13-4-5-14-23/h2-10,15,20,24H,11-14,16-17H2,1H3/t20-/m0/s1. The molecule has 1 heterocycles. The largest absolute Gasteiger partial charge is 0.497 e. The molecule has 26 heavy (non-hydrogen) atoms. The van der Waals surface area contributed by atoms with Crippen molar-refractivity contribution in [1.82, 2.24) is 4.90 Å². The van der Waals surface area contributed by atoms with E-state index in [9.17, 15) is 5.11 Å². The van der Waals surface area contributed by atoms with E-state index in [-0.39, 0.29) is 0 Å². The Morgan fingerprint density at radius 1 is 1.04 bits per heavy atom. The molecule has 0 unspecified atom stereocenters. The molecule has 0 aliphatic carbocycles. The van der Waals surface area contributed by atoms with Gasteiger partial charge in [0.05, 0.1) is 7.11 Å². The van der Waals surface area contributed by atoms with Gasteiger partial charge in [0.1, 0.15) is 24.2 Å². The third-order valence-corrected chi connectivity index (χ3v) is 4.58. The van der Waals surface area contributed by atoms with E-state index in [0.717, 1.165) is 43.0 Å². The topological polar surface area (TPSA) is 41.9 Å². The van der Waals surface area contributed by atoms with Crippen LogP contribution in [0.15, 0.2) is 60.7 Å². The van der Waals surface area contributed by atoms with Crippen LogP contribution in [-0.4, -0.2) is 49.5 Å². The Labute approximate surface area is 155 Å². The maximum Gasteiger partial charge on any atom is 0.122 e. The molecule has 2 aromatic rings. The van der Waals surface area contributed by atoms with Gasteiger partial charge in [-0.25, -0.2) is 0 Å². The van der Waals surface area contributed by atoms with Crippen molar-refractivity contribution in [2.75, 3.05) is 33.4 Å². The minimum atomic E-state index is -0.485. The summed E-state index contributed by atoms with van der Waals surface area (Å²) in [7, 11) is 1.69. The van der Waals surface area contributed by atoms with Crippen LogP contribution in [0.3, 0.4) is 0 Å². The molecule has 0 fully saturated rings. The lowest BCUT2D eigenvalue weighted by Gasteiger charge is -2.20. The van der Waals surface area contributed by atoms with E-state index in [1.165, 1.54) is 5.56 Å². The van der Waals surface area contributed by atoms with Gasteiger partial charge in [-0.3, -0.25) is 4.90 Å². The number of nitrogens with zero attached hydrogens (tertiary/aromatic N) is 1. The Bertz CT molecular complexity index is 721. The Balaban J connectivity index is 1.53. The molecule has 0 saturated heterocycles. The fourth-order valence-corrected chi connectivity index (χ4v) is 3.17. The van der Waals surface area contributed by atoms with Crippen LogP contribution in [0.2, 0.25) is 0 Å². The van der Waals surface area contributed by atoms with E-state index in [4.69, 9.17) is 9.47 Å². The van der Waals surface area contributed by atoms with Crippen molar-refractivity contribution in [3.63, 3.8) is 0 Å². The molecular weight excluding hydrogens is 326 g/mol. The summed E-state index contributed by atoms with van der Waals surface area (Å²) < 4.78 is 11.2. The Kier molecular flexibility index (Phi) is 6.69. The fourth-order valence-electron chi connectivity index (χ4n) is 3.17. The van der Waals surface area contributed by atoms with Crippen molar-refractivity contribution in [2.24, 2.45) is 0 Å². The minimum absolute atomic E-state index is 0.312. The van der Waals surface area contributed by atoms with E-state index in [0.29, 0.717) is 13.2 Å². The fraction of sp³-hybridized carbons (Fsp3) is 0.364. The SMILES string of the molecule is COc1cccc(CCc2ccccc2OC[C@@H](O)CN2CC=CC2)c1. The van der Waals surface area contributed by atoms with Crippen molar-refractivity contribution in [3.8, 4) is 11.5 Å². The number of benzene rings is 2. The van der Waals surface area contributed by atoms with Crippen LogP contribution >= 0.6 is 0 Å². The number of para-hydroxylation sites is 1. The second-order valence-electron chi connectivity index (χ2n) is 6.61. The lowest BCUT2D eigenvalue weighted by molar-refractivity contribution is 0.0770. The molecule has 1 N–H and O–H groups in total. The maximum absolute atomic E-state index is 10.2. The first kappa shape index (κ1) is 18.5. The first-order valence-electron chi connectivity index (χ1n) is 9.13. The lowest BCUT2D eigenvalue weighted by Crippen LogP contribution is -2.34. The van der Waals surface area contributed by atoms with Crippen molar-refractivity contribution in [1.29, 1.82) is 0 Å². The first-order chi connectivity index (χ1) is 12.7. The molecule has 1 aliphatic heterocycles. The molecule has 0 amide bonds. The zero-order chi connectivity index (χ0) is 18.2. The summed E-state index contributed by atoms with van der Waals surface area (Å²) >= 11 is 0. The van der Waals surface area contributed by atoms with Gasteiger partial charge < -0.3 is 14.6 Å². The molecule has 3 rings (SSSR count). The molecular formula is C22H27NO3. The summed E-state index contributed by atoms with van der Waals surface area (Å²) in [4.78, 5) is 2.20. The van der Waals surface area contributed by atoms with Gasteiger partial charge in [0.25, 0.3) is 0 Å². The smallest absolute Gasteiger partial charge is 0.122 e. The highest BCUT2D eigenvalue weighted by molar-refractivity contribution is 5.35. The van der Waals surface area contributed by atoms with Crippen LogP contribution in [0.4, 0.5) is 0 Å². The molecule has 0 radical (unpaired) electrons. The van der Waals surface area contributed by atoms with Gasteiger partial charge >= 0.3 is 0 Å². The van der Waals surface area contributed by atoms with E-state index >= 15 is 0 Å². The maximum atomic E-state index is 10.2. The molecule has 1 atom stereocenters. The van der Waals surface area contributed by atoms with Crippen LogP contribution < -0.4 is 9.47 Å². The summed E-state index contributed by atoms with van der Waals surface area (Å²) in [6.45, 7) is 2.77. The molecule has 0 spiro atoms. The quantitative estimate of drug-likeness (QED) is 0.704. The number of hydrogen-bond acceptors (Lipinski definition) is 4. The molecule has 138 valence electrons. The predicted molar refractivity (Wildman–Crippen MR) is 104 cm³/mol. The second kappa shape index (κ2) is 9.41. The summed E-state index contributed by atoms with van der Waals surface area (Å²) in [6, 6.07) is 16.2. The van der Waals surface area contributed by atoms with Crippen LogP contribution in [0, 0.1) is 0 Å². The Morgan fingerprint density at radius 3 is 2.65 bits per heavy atom. The van der Waals surface area contributed by atoms with Gasteiger partial charge in [-0.15, -0.1) is 0 Å². The van der Waals surface area contributed by atoms with Crippen LogP contribution in [0.5, 0.6) is 11.5 Å². The zero-order valence-electron chi connectivity index (χ0n) is 15.3. The average Bonchev–Trinajstić information content (AvgIpc) is 3.18. The molecule has 0 aromatic heterocycles. The van der Waals surface area contributed by atoms with Gasteiger partial charge in [-0.2, -0.15) is 0 Å². The second-order valence-corrected chi connectivity index (χ2v) is 6.61. The number of methoxy groups -OCH3 is 1. The first-order valence-corrected chi connectivity index (χ1v) is 9.13. The van der Waals surface area contributed by atoms with E-state index in [1.54, 1.807) is 7.11 Å². The van der Waals surface area contributed by atoms with Gasteiger partial charge in [0, 0.05) is 19.6 Å². The van der Waals surface area contributed by atoms with Crippen molar-refractivity contribution in [3.05, 3.63) is 71.8 Å². The summed E-state index contributed by atoms with van der Waals surface area (Å²) in [5.41, 5.74) is 2.39. The minimum Gasteiger partial charge on any atom is -0.497 e. The van der Waals surface area contributed by atoms with Crippen LogP contribution in [-0.2, 0) is 12.8 Å². The molecule has 4 nitrogen and oxygen atoms in total. The van der Waals surface area contributed by atoms with Gasteiger partial charge in [0.15, 0.2) is 0 Å². The number of aryl methyl sites for hydroxylation is 2. The monoisotopic (exact) mass is 353 g/mol. The molecule has 0 saturated carbocycles. The van der Waals surface area contributed by atoms with Crippen molar-refractivity contribution >= 4 is 0 Å². The van der Waals surface area contributed by atoms with Gasteiger partial charge in [0.2, 0.25) is 0 Å². The number of aliphatic hydroxyl groups excluding tert-OH is 1. The van der Waals surface area contributed by atoms with E-state index in [2.05, 4.69) is 35.3 Å². The zero-order valence-corrected chi connectivity index (χ0v) is 15.3. The highest BCUT2D eigenvalue weighted by atomic mass is 16.5. The number of β-amino-alcohol motifs (C(OH)–C–C–N with tert-alkyl or cyclic N) is 1. The molecule has 4 heteroatoms.